The molecular weight excluding hydrogens is 396 g/mol. The highest BCUT2D eigenvalue weighted by Gasteiger charge is 2.29. The van der Waals surface area contributed by atoms with E-state index < -0.39 is 0 Å². The van der Waals surface area contributed by atoms with Crippen molar-refractivity contribution < 1.29 is 14.3 Å². The van der Waals surface area contributed by atoms with E-state index in [9.17, 15) is 9.59 Å². The third-order valence-electron chi connectivity index (χ3n) is 6.10. The summed E-state index contributed by atoms with van der Waals surface area (Å²) in [6.07, 6.45) is 6.29. The van der Waals surface area contributed by atoms with Crippen LogP contribution in [0, 0.1) is 5.92 Å². The van der Waals surface area contributed by atoms with Gasteiger partial charge in [-0.2, -0.15) is 0 Å². The standard InChI is InChI=1S/C24H30N2O3S/c1-2-29-24(28)22-19-9-6-10-20(19)30-23(22)25-21(27)16-26-13-11-18(12-14-26)15-17-7-4-3-5-8-17/h3-5,7-8,18H,2,6,9-16H2,1H3,(H,25,27). The lowest BCUT2D eigenvalue weighted by molar-refractivity contribution is -0.117. The van der Waals surface area contributed by atoms with E-state index in [2.05, 4.69) is 40.5 Å². The lowest BCUT2D eigenvalue weighted by atomic mass is 9.90. The van der Waals surface area contributed by atoms with Crippen molar-refractivity contribution in [2.24, 2.45) is 5.92 Å². The Labute approximate surface area is 182 Å². The van der Waals surface area contributed by atoms with Crippen molar-refractivity contribution in [1.29, 1.82) is 0 Å². The molecular formula is C24H30N2O3S. The topological polar surface area (TPSA) is 58.6 Å². The molecule has 1 saturated heterocycles. The van der Waals surface area contributed by atoms with Gasteiger partial charge in [-0.1, -0.05) is 30.3 Å². The van der Waals surface area contributed by atoms with Gasteiger partial charge in [0.15, 0.2) is 0 Å². The van der Waals surface area contributed by atoms with Gasteiger partial charge in [-0.05, 0) is 75.6 Å². The van der Waals surface area contributed by atoms with E-state index in [1.165, 1.54) is 10.4 Å². The minimum atomic E-state index is -0.311. The van der Waals surface area contributed by atoms with Crippen LogP contribution in [0.1, 0.15) is 52.5 Å². The zero-order valence-electron chi connectivity index (χ0n) is 17.6. The maximum atomic E-state index is 12.7. The van der Waals surface area contributed by atoms with Gasteiger partial charge in [0.1, 0.15) is 5.00 Å². The number of nitrogens with one attached hydrogen (secondary N) is 1. The molecule has 0 atom stereocenters. The van der Waals surface area contributed by atoms with E-state index >= 15 is 0 Å². The van der Waals surface area contributed by atoms with E-state index in [0.717, 1.165) is 57.2 Å². The second-order valence-electron chi connectivity index (χ2n) is 8.24. The quantitative estimate of drug-likeness (QED) is 0.671. The first-order valence-corrected chi connectivity index (χ1v) is 11.8. The number of fused-ring (bicyclic) bond motifs is 1. The van der Waals surface area contributed by atoms with Gasteiger partial charge in [0.2, 0.25) is 5.91 Å². The number of piperidine rings is 1. The molecule has 1 fully saturated rings. The number of anilines is 1. The zero-order valence-corrected chi connectivity index (χ0v) is 18.4. The van der Waals surface area contributed by atoms with Gasteiger partial charge in [0.25, 0.3) is 0 Å². The Balaban J connectivity index is 1.31. The summed E-state index contributed by atoms with van der Waals surface area (Å²) in [5.41, 5.74) is 3.06. The van der Waals surface area contributed by atoms with Crippen LogP contribution in [-0.4, -0.2) is 43.0 Å². The summed E-state index contributed by atoms with van der Waals surface area (Å²) in [5.74, 6) is 0.332. The number of amides is 1. The van der Waals surface area contributed by atoms with Gasteiger partial charge < -0.3 is 10.1 Å². The Hall–Kier alpha value is -2.18. The van der Waals surface area contributed by atoms with Crippen molar-refractivity contribution in [3.8, 4) is 0 Å². The summed E-state index contributed by atoms with van der Waals surface area (Å²) in [7, 11) is 0. The fraction of sp³-hybridized carbons (Fsp3) is 0.500. The number of rotatable bonds is 7. The van der Waals surface area contributed by atoms with Gasteiger partial charge in [0.05, 0.1) is 18.7 Å². The molecule has 2 heterocycles. The van der Waals surface area contributed by atoms with E-state index in [-0.39, 0.29) is 11.9 Å². The summed E-state index contributed by atoms with van der Waals surface area (Å²) in [6.45, 7) is 4.41. The maximum absolute atomic E-state index is 12.7. The zero-order chi connectivity index (χ0) is 20.9. The second kappa shape index (κ2) is 9.75. The fourth-order valence-electron chi connectivity index (χ4n) is 4.58. The molecule has 1 aromatic heterocycles. The Kier molecular flexibility index (Phi) is 6.85. The highest BCUT2D eigenvalue weighted by atomic mass is 32.1. The van der Waals surface area contributed by atoms with E-state index in [1.807, 2.05) is 6.92 Å². The van der Waals surface area contributed by atoms with Crippen molar-refractivity contribution in [2.45, 2.75) is 45.4 Å². The predicted molar refractivity (Wildman–Crippen MR) is 120 cm³/mol. The Morgan fingerprint density at radius 3 is 2.67 bits per heavy atom. The van der Waals surface area contributed by atoms with E-state index in [4.69, 9.17) is 4.74 Å². The number of nitrogens with zero attached hydrogens (tertiary/aromatic N) is 1. The number of ether oxygens (including phenoxy) is 1. The third kappa shape index (κ3) is 4.93. The van der Waals surface area contributed by atoms with Crippen molar-refractivity contribution in [3.05, 3.63) is 51.9 Å². The number of aryl methyl sites for hydroxylation is 1. The first-order valence-electron chi connectivity index (χ1n) is 11.0. The number of thiophene rings is 1. The van der Waals surface area contributed by atoms with Gasteiger partial charge in [0, 0.05) is 4.88 Å². The first kappa shape index (κ1) is 21.1. The van der Waals surface area contributed by atoms with Crippen LogP contribution in [0.15, 0.2) is 30.3 Å². The molecule has 1 aliphatic heterocycles. The average molecular weight is 427 g/mol. The number of hydrogen-bond donors (Lipinski definition) is 1. The molecule has 0 radical (unpaired) electrons. The number of carbonyl (C=O) groups is 2. The summed E-state index contributed by atoms with van der Waals surface area (Å²) in [6, 6.07) is 10.6. The molecule has 5 nitrogen and oxygen atoms in total. The predicted octanol–water partition coefficient (Wildman–Crippen LogP) is 4.31. The summed E-state index contributed by atoms with van der Waals surface area (Å²) < 4.78 is 5.25. The second-order valence-corrected chi connectivity index (χ2v) is 9.34. The van der Waals surface area contributed by atoms with E-state index in [0.29, 0.717) is 29.6 Å². The first-order chi connectivity index (χ1) is 14.6. The third-order valence-corrected chi connectivity index (χ3v) is 7.30. The van der Waals surface area contributed by atoms with Crippen molar-refractivity contribution in [2.75, 3.05) is 31.6 Å². The number of esters is 1. The highest BCUT2D eigenvalue weighted by molar-refractivity contribution is 7.17. The molecule has 6 heteroatoms. The van der Waals surface area contributed by atoms with E-state index in [1.54, 1.807) is 11.3 Å². The molecule has 2 aliphatic rings. The van der Waals surface area contributed by atoms with Crippen molar-refractivity contribution in [1.82, 2.24) is 4.90 Å². The van der Waals surface area contributed by atoms with Crippen molar-refractivity contribution in [3.63, 3.8) is 0 Å². The highest BCUT2D eigenvalue weighted by Crippen LogP contribution is 2.39. The van der Waals surface area contributed by atoms with Crippen LogP contribution < -0.4 is 5.32 Å². The number of hydrogen-bond acceptors (Lipinski definition) is 5. The Morgan fingerprint density at radius 1 is 1.17 bits per heavy atom. The van der Waals surface area contributed by atoms with Gasteiger partial charge in [-0.25, -0.2) is 4.79 Å². The molecule has 0 saturated carbocycles. The number of benzene rings is 1. The molecule has 0 spiro atoms. The molecule has 1 aliphatic carbocycles. The summed E-state index contributed by atoms with van der Waals surface area (Å²) in [4.78, 5) is 28.6. The lowest BCUT2D eigenvalue weighted by Crippen LogP contribution is -2.39. The minimum Gasteiger partial charge on any atom is -0.462 e. The smallest absolute Gasteiger partial charge is 0.341 e. The maximum Gasteiger partial charge on any atom is 0.341 e. The molecule has 0 unspecified atom stereocenters. The molecule has 30 heavy (non-hydrogen) atoms. The Morgan fingerprint density at radius 2 is 1.93 bits per heavy atom. The Bertz CT molecular complexity index is 885. The van der Waals surface area contributed by atoms with Gasteiger partial charge in [-0.15, -0.1) is 11.3 Å². The summed E-state index contributed by atoms with van der Waals surface area (Å²) in [5, 5.41) is 3.68. The molecule has 1 N–H and O–H groups in total. The molecule has 2 aromatic rings. The SMILES string of the molecule is CCOC(=O)c1c(NC(=O)CN2CCC(Cc3ccccc3)CC2)sc2c1CCC2. The van der Waals surface area contributed by atoms with Crippen LogP contribution >= 0.6 is 11.3 Å². The van der Waals surface area contributed by atoms with Crippen LogP contribution in [0.3, 0.4) is 0 Å². The van der Waals surface area contributed by atoms with Crippen molar-refractivity contribution >= 4 is 28.2 Å². The van der Waals surface area contributed by atoms with Gasteiger partial charge in [-0.3, -0.25) is 9.69 Å². The van der Waals surface area contributed by atoms with Crippen LogP contribution in [0.25, 0.3) is 0 Å². The number of likely N-dealkylation sites (tertiary alicyclic amines) is 1. The molecule has 4 rings (SSSR count). The fourth-order valence-corrected chi connectivity index (χ4v) is 5.87. The minimum absolute atomic E-state index is 0.0398. The lowest BCUT2D eigenvalue weighted by Gasteiger charge is -2.31. The van der Waals surface area contributed by atoms with Crippen LogP contribution in [0.5, 0.6) is 0 Å². The van der Waals surface area contributed by atoms with Crippen LogP contribution in [0.2, 0.25) is 0 Å². The summed E-state index contributed by atoms with van der Waals surface area (Å²) >= 11 is 1.54. The normalized spacial score (nSPS) is 17.0. The van der Waals surface area contributed by atoms with Gasteiger partial charge >= 0.3 is 5.97 Å². The van der Waals surface area contributed by atoms with Crippen LogP contribution in [-0.2, 0) is 28.8 Å². The molecule has 1 aromatic carbocycles. The molecule has 1 amide bonds. The largest absolute Gasteiger partial charge is 0.462 e. The van der Waals surface area contributed by atoms with Crippen LogP contribution in [0.4, 0.5) is 5.00 Å². The molecule has 160 valence electrons. The monoisotopic (exact) mass is 426 g/mol. The number of carbonyl (C=O) groups excluding carboxylic acids is 2. The molecule has 0 bridgehead atoms. The average Bonchev–Trinajstić information content (AvgIpc) is 3.31.